The van der Waals surface area contributed by atoms with Crippen molar-refractivity contribution in [1.82, 2.24) is 8.61 Å². The van der Waals surface area contributed by atoms with E-state index < -0.39 is 10.2 Å². The summed E-state index contributed by atoms with van der Waals surface area (Å²) in [4.78, 5) is 0. The molecule has 1 heterocycles. The van der Waals surface area contributed by atoms with Crippen LogP contribution in [0.2, 0.25) is 0 Å². The summed E-state index contributed by atoms with van der Waals surface area (Å²) in [5, 5.41) is 0. The molecule has 0 atom stereocenters. The second-order valence-electron chi connectivity index (χ2n) is 6.96. The van der Waals surface area contributed by atoms with Crippen molar-refractivity contribution in [3.63, 3.8) is 0 Å². The minimum Gasteiger partial charge on any atom is -0.195 e. The van der Waals surface area contributed by atoms with Crippen molar-refractivity contribution in [1.29, 1.82) is 0 Å². The molecule has 1 rings (SSSR count). The van der Waals surface area contributed by atoms with Gasteiger partial charge in [0.2, 0.25) is 0 Å². The molecule has 0 aromatic rings. The Hall–Kier alpha value is -0.130. The third-order valence-electron chi connectivity index (χ3n) is 4.67. The first-order valence-electron chi connectivity index (χ1n) is 7.89. The third kappa shape index (κ3) is 4.43. The molecule has 5 heteroatoms. The first-order valence-corrected chi connectivity index (χ1v) is 9.29. The highest BCUT2D eigenvalue weighted by atomic mass is 32.2. The second-order valence-corrected chi connectivity index (χ2v) is 9.10. The molecular weight excluding hydrogens is 272 g/mol. The highest BCUT2D eigenvalue weighted by molar-refractivity contribution is 7.86. The molecule has 0 aromatic heterocycles. The second kappa shape index (κ2) is 7.23. The highest BCUT2D eigenvalue weighted by Gasteiger charge is 2.43. The summed E-state index contributed by atoms with van der Waals surface area (Å²) in [7, 11) is -0.00171. The van der Waals surface area contributed by atoms with Gasteiger partial charge in [-0.25, -0.2) is 0 Å². The summed E-state index contributed by atoms with van der Waals surface area (Å²) in [6, 6.07) is 0. The monoisotopic (exact) mass is 304 g/mol. The molecule has 4 nitrogen and oxygen atoms in total. The van der Waals surface area contributed by atoms with Crippen molar-refractivity contribution in [2.24, 2.45) is 11.3 Å². The molecule has 120 valence electrons. The molecule has 20 heavy (non-hydrogen) atoms. The van der Waals surface area contributed by atoms with Crippen molar-refractivity contribution in [2.45, 2.75) is 59.3 Å². The van der Waals surface area contributed by atoms with Crippen LogP contribution in [0.4, 0.5) is 0 Å². The molecule has 1 aliphatic heterocycles. The maximum Gasteiger partial charge on any atom is 0.281 e. The van der Waals surface area contributed by atoms with Crippen LogP contribution >= 0.6 is 0 Å². The number of hydrogen-bond acceptors (Lipinski definition) is 2. The van der Waals surface area contributed by atoms with Gasteiger partial charge in [0.25, 0.3) is 10.2 Å². The fourth-order valence-corrected chi connectivity index (χ4v) is 3.94. The first kappa shape index (κ1) is 17.9. The minimum absolute atomic E-state index is 0.255. The Morgan fingerprint density at radius 1 is 1.10 bits per heavy atom. The van der Waals surface area contributed by atoms with E-state index in [0.717, 1.165) is 0 Å². The fraction of sp³-hybridized carbons (Fsp3) is 1.00. The Morgan fingerprint density at radius 2 is 1.65 bits per heavy atom. The molecule has 0 unspecified atom stereocenters. The molecule has 0 radical (unpaired) electrons. The van der Waals surface area contributed by atoms with E-state index in [1.54, 1.807) is 18.4 Å². The number of nitrogens with zero attached hydrogens (tertiary/aromatic N) is 2. The van der Waals surface area contributed by atoms with Crippen LogP contribution in [0, 0.1) is 11.3 Å². The van der Waals surface area contributed by atoms with Crippen LogP contribution < -0.4 is 0 Å². The predicted octanol–water partition coefficient (Wildman–Crippen LogP) is 3.11. The van der Waals surface area contributed by atoms with E-state index in [-0.39, 0.29) is 5.41 Å². The van der Waals surface area contributed by atoms with Crippen molar-refractivity contribution in [3.05, 3.63) is 0 Å². The highest BCUT2D eigenvalue weighted by Crippen LogP contribution is 2.39. The quantitative estimate of drug-likeness (QED) is 0.614. The van der Waals surface area contributed by atoms with Gasteiger partial charge in [0.15, 0.2) is 0 Å². The minimum atomic E-state index is -3.20. The van der Waals surface area contributed by atoms with E-state index in [0.29, 0.717) is 19.0 Å². The Bertz CT molecular complexity index is 385. The van der Waals surface area contributed by atoms with Crippen molar-refractivity contribution in [2.75, 3.05) is 27.2 Å². The molecule has 0 saturated carbocycles. The normalized spacial score (nSPS) is 18.5. The van der Waals surface area contributed by atoms with E-state index >= 15 is 0 Å². The van der Waals surface area contributed by atoms with Crippen molar-refractivity contribution >= 4 is 10.2 Å². The van der Waals surface area contributed by atoms with Gasteiger partial charge in [0, 0.05) is 27.2 Å². The lowest BCUT2D eigenvalue weighted by atomic mass is 9.72. The predicted molar refractivity (Wildman–Crippen MR) is 84.8 cm³/mol. The smallest absolute Gasteiger partial charge is 0.195 e. The zero-order valence-corrected chi connectivity index (χ0v) is 14.7. The third-order valence-corrected chi connectivity index (χ3v) is 6.54. The molecule has 1 aliphatic rings. The van der Waals surface area contributed by atoms with E-state index in [2.05, 4.69) is 20.8 Å². The zero-order valence-electron chi connectivity index (χ0n) is 13.9. The number of hydrogen-bond donors (Lipinski definition) is 0. The summed E-state index contributed by atoms with van der Waals surface area (Å²) in [6.07, 6.45) is 7.73. The molecule has 0 spiro atoms. The summed E-state index contributed by atoms with van der Waals surface area (Å²) in [5.74, 6) is 0.503. The first-order chi connectivity index (χ1) is 9.21. The molecule has 0 amide bonds. The van der Waals surface area contributed by atoms with Gasteiger partial charge in [-0.1, -0.05) is 52.9 Å². The summed E-state index contributed by atoms with van der Waals surface area (Å²) in [6.45, 7) is 8.18. The number of rotatable bonds is 9. The number of unbranched alkanes of at least 4 members (excludes halogenated alkanes) is 4. The molecule has 0 aliphatic carbocycles. The molecule has 0 bridgehead atoms. The maximum absolute atomic E-state index is 12.0. The summed E-state index contributed by atoms with van der Waals surface area (Å²) < 4.78 is 26.8. The van der Waals surface area contributed by atoms with E-state index in [1.165, 1.54) is 42.8 Å². The standard InChI is InChI=1S/C15H32N2O2S/c1-6-7-8-9-10-11-15(2,3)14-12-17(13-14)20(18,19)16(4)5/h14H,6-13H2,1-5H3. The lowest BCUT2D eigenvalue weighted by molar-refractivity contribution is 0.0620. The summed E-state index contributed by atoms with van der Waals surface area (Å²) in [5.41, 5.74) is 0.255. The van der Waals surface area contributed by atoms with Gasteiger partial charge in [-0.15, -0.1) is 0 Å². The average Bonchev–Trinajstić information content (AvgIpc) is 2.25. The lowest BCUT2D eigenvalue weighted by Gasteiger charge is -2.47. The Labute approximate surface area is 125 Å². The Morgan fingerprint density at radius 3 is 2.15 bits per heavy atom. The van der Waals surface area contributed by atoms with Gasteiger partial charge in [0.1, 0.15) is 0 Å². The van der Waals surface area contributed by atoms with Crippen LogP contribution in [0.15, 0.2) is 0 Å². The fourth-order valence-electron chi connectivity index (χ4n) is 2.74. The maximum atomic E-state index is 12.0. The van der Waals surface area contributed by atoms with Gasteiger partial charge >= 0.3 is 0 Å². The van der Waals surface area contributed by atoms with Crippen LogP contribution in [0.1, 0.15) is 59.3 Å². The van der Waals surface area contributed by atoms with E-state index in [4.69, 9.17) is 0 Å². The molecular formula is C15H32N2O2S. The Balaban J connectivity index is 2.34. The van der Waals surface area contributed by atoms with Crippen LogP contribution in [-0.4, -0.2) is 44.2 Å². The van der Waals surface area contributed by atoms with E-state index in [1.807, 2.05) is 0 Å². The van der Waals surface area contributed by atoms with Gasteiger partial charge in [0.05, 0.1) is 0 Å². The molecule has 0 aromatic carbocycles. The molecule has 1 saturated heterocycles. The van der Waals surface area contributed by atoms with E-state index in [9.17, 15) is 8.42 Å². The molecule has 1 fully saturated rings. The topological polar surface area (TPSA) is 40.6 Å². The largest absolute Gasteiger partial charge is 0.281 e. The SMILES string of the molecule is CCCCCCCC(C)(C)C1CN(S(=O)(=O)N(C)C)C1. The van der Waals surface area contributed by atoms with Crippen LogP contribution in [0.5, 0.6) is 0 Å². The van der Waals surface area contributed by atoms with Gasteiger partial charge < -0.3 is 0 Å². The van der Waals surface area contributed by atoms with Crippen molar-refractivity contribution < 1.29 is 8.42 Å². The van der Waals surface area contributed by atoms with Gasteiger partial charge in [-0.2, -0.15) is 17.0 Å². The zero-order chi connectivity index (χ0) is 15.4. The van der Waals surface area contributed by atoms with Crippen LogP contribution in [0.3, 0.4) is 0 Å². The Kier molecular flexibility index (Phi) is 6.48. The average molecular weight is 305 g/mol. The summed E-state index contributed by atoms with van der Waals surface area (Å²) >= 11 is 0. The van der Waals surface area contributed by atoms with Crippen molar-refractivity contribution in [3.8, 4) is 0 Å². The van der Waals surface area contributed by atoms with Crippen LogP contribution in [-0.2, 0) is 10.2 Å². The lowest BCUT2D eigenvalue weighted by Crippen LogP contribution is -2.57. The molecule has 0 N–H and O–H groups in total. The van der Waals surface area contributed by atoms with Gasteiger partial charge in [-0.05, 0) is 17.8 Å². The van der Waals surface area contributed by atoms with Gasteiger partial charge in [-0.3, -0.25) is 0 Å². The van der Waals surface area contributed by atoms with Crippen LogP contribution in [0.25, 0.3) is 0 Å².